The molecule has 2 N–H and O–H groups in total. The molecule has 0 saturated carbocycles. The molecule has 2 rings (SSSR count). The largest absolute Gasteiger partial charge is 0.492 e. The van der Waals surface area contributed by atoms with Gasteiger partial charge in [0.15, 0.2) is 0 Å². The maximum Gasteiger partial charge on any atom is 0.206 e. The van der Waals surface area contributed by atoms with Crippen molar-refractivity contribution in [2.75, 3.05) is 25.7 Å². The Bertz CT molecular complexity index is 866. The highest BCUT2D eigenvalue weighted by molar-refractivity contribution is 7.91. The summed E-state index contributed by atoms with van der Waals surface area (Å²) in [7, 11) is -3.88. The molecule has 0 fully saturated rings. The van der Waals surface area contributed by atoms with Gasteiger partial charge in [0.1, 0.15) is 24.2 Å². The van der Waals surface area contributed by atoms with Crippen LogP contribution in [0.4, 0.5) is 0 Å². The summed E-state index contributed by atoms with van der Waals surface area (Å²) < 4.78 is 36.6. The van der Waals surface area contributed by atoms with E-state index in [0.717, 1.165) is 0 Å². The summed E-state index contributed by atoms with van der Waals surface area (Å²) in [6.07, 6.45) is -1.07. The van der Waals surface area contributed by atoms with Gasteiger partial charge in [-0.25, -0.2) is 8.42 Å². The highest BCUT2D eigenvalue weighted by Crippen LogP contribution is 2.33. The molecule has 0 unspecified atom stereocenters. The second-order valence-electron chi connectivity index (χ2n) is 6.41. The number of aliphatic hydroxyl groups is 2. The van der Waals surface area contributed by atoms with E-state index in [0.29, 0.717) is 18.2 Å². The Hall–Kier alpha value is -1.22. The molecule has 6 nitrogen and oxygen atoms in total. The normalized spacial score (nSPS) is 13.7. The number of rotatable bonds is 10. The average Bonchev–Trinajstić information content (AvgIpc) is 2.71. The van der Waals surface area contributed by atoms with E-state index in [1.807, 2.05) is 6.92 Å². The number of hydrogen-bond acceptors (Lipinski definition) is 6. The van der Waals surface area contributed by atoms with Crippen molar-refractivity contribution in [1.82, 2.24) is 0 Å². The number of alkyl halides is 1. The van der Waals surface area contributed by atoms with Gasteiger partial charge >= 0.3 is 0 Å². The van der Waals surface area contributed by atoms with Crippen molar-refractivity contribution in [3.8, 4) is 11.5 Å². The number of aliphatic hydroxyl groups excluding tert-OH is 2. The molecule has 10 heteroatoms. The molecule has 0 aromatic heterocycles. The van der Waals surface area contributed by atoms with Crippen molar-refractivity contribution in [2.24, 2.45) is 5.92 Å². The molecule has 0 aliphatic heterocycles. The van der Waals surface area contributed by atoms with Crippen LogP contribution >= 0.6 is 34.8 Å². The van der Waals surface area contributed by atoms with E-state index in [4.69, 9.17) is 49.4 Å². The molecule has 0 radical (unpaired) electrons. The Labute approximate surface area is 184 Å². The van der Waals surface area contributed by atoms with Crippen molar-refractivity contribution >= 4 is 44.6 Å². The summed E-state index contributed by atoms with van der Waals surface area (Å²) in [6.45, 7) is 1.63. The Morgan fingerprint density at radius 2 is 1.45 bits per heavy atom. The minimum atomic E-state index is -3.88. The first-order valence-electron chi connectivity index (χ1n) is 8.63. The van der Waals surface area contributed by atoms with Crippen LogP contribution in [-0.4, -0.2) is 50.4 Å². The van der Waals surface area contributed by atoms with Crippen LogP contribution in [-0.2, 0) is 9.84 Å². The van der Waals surface area contributed by atoms with Gasteiger partial charge in [-0.3, -0.25) is 0 Å². The lowest BCUT2D eigenvalue weighted by Crippen LogP contribution is -2.21. The third kappa shape index (κ3) is 6.38. The first kappa shape index (κ1) is 24.1. The van der Waals surface area contributed by atoms with E-state index in [1.165, 1.54) is 36.4 Å². The van der Waals surface area contributed by atoms with E-state index in [9.17, 15) is 13.5 Å². The molecule has 0 aliphatic carbocycles. The minimum Gasteiger partial charge on any atom is -0.492 e. The topological polar surface area (TPSA) is 93.1 Å². The molecule has 2 aromatic carbocycles. The Balaban J connectivity index is 2.21. The predicted molar refractivity (Wildman–Crippen MR) is 112 cm³/mol. The third-order valence-electron chi connectivity index (χ3n) is 3.86. The summed E-state index contributed by atoms with van der Waals surface area (Å²) in [5, 5.41) is 18.4. The van der Waals surface area contributed by atoms with Crippen LogP contribution in [0, 0.1) is 5.92 Å². The van der Waals surface area contributed by atoms with Crippen molar-refractivity contribution in [2.45, 2.75) is 22.8 Å². The molecule has 0 heterocycles. The van der Waals surface area contributed by atoms with E-state index >= 15 is 0 Å². The van der Waals surface area contributed by atoms with Crippen LogP contribution in [0.1, 0.15) is 6.92 Å². The number of benzene rings is 2. The fraction of sp³-hybridized carbons (Fsp3) is 0.368. The lowest BCUT2D eigenvalue weighted by atomic mass is 10.2. The summed E-state index contributed by atoms with van der Waals surface area (Å²) in [4.78, 5) is -0.0567. The SMILES string of the molecule is C[C@H](CCl)COc1ccc(S(=O)(=O)c2ccc(OC[C@@H](O)CO)c(Cl)c2)cc1Cl. The lowest BCUT2D eigenvalue weighted by molar-refractivity contribution is 0.0536. The van der Waals surface area contributed by atoms with Crippen molar-refractivity contribution in [3.63, 3.8) is 0 Å². The van der Waals surface area contributed by atoms with E-state index in [2.05, 4.69) is 0 Å². The maximum absolute atomic E-state index is 12.9. The van der Waals surface area contributed by atoms with Crippen molar-refractivity contribution in [3.05, 3.63) is 46.4 Å². The quantitative estimate of drug-likeness (QED) is 0.499. The summed E-state index contributed by atoms with van der Waals surface area (Å²) in [5.41, 5.74) is 0. The molecule has 0 aliphatic rings. The highest BCUT2D eigenvalue weighted by Gasteiger charge is 2.21. The van der Waals surface area contributed by atoms with E-state index in [1.54, 1.807) is 0 Å². The second-order valence-corrected chi connectivity index (χ2v) is 9.48. The average molecular weight is 484 g/mol. The zero-order valence-electron chi connectivity index (χ0n) is 15.5. The fourth-order valence-electron chi connectivity index (χ4n) is 2.18. The first-order chi connectivity index (χ1) is 13.7. The van der Waals surface area contributed by atoms with Gasteiger partial charge in [-0.1, -0.05) is 30.1 Å². The zero-order valence-corrected chi connectivity index (χ0v) is 18.6. The molecule has 0 saturated heterocycles. The molecule has 2 aromatic rings. The third-order valence-corrected chi connectivity index (χ3v) is 6.72. The number of ether oxygens (including phenoxy) is 2. The number of sulfone groups is 1. The maximum atomic E-state index is 12.9. The van der Waals surface area contributed by atoms with Crippen LogP contribution in [0.25, 0.3) is 0 Å². The monoisotopic (exact) mass is 482 g/mol. The van der Waals surface area contributed by atoms with Gasteiger partial charge in [0.2, 0.25) is 9.84 Å². The molecular formula is C19H21Cl3O6S. The van der Waals surface area contributed by atoms with Crippen LogP contribution in [0.5, 0.6) is 11.5 Å². The van der Waals surface area contributed by atoms with Gasteiger partial charge in [-0.2, -0.15) is 0 Å². The lowest BCUT2D eigenvalue weighted by Gasteiger charge is -2.14. The first-order valence-corrected chi connectivity index (χ1v) is 11.4. The zero-order chi connectivity index (χ0) is 21.6. The Morgan fingerprint density at radius 1 is 0.966 bits per heavy atom. The minimum absolute atomic E-state index is 0.0133. The van der Waals surface area contributed by atoms with Crippen LogP contribution < -0.4 is 9.47 Å². The van der Waals surface area contributed by atoms with Gasteiger partial charge in [-0.15, -0.1) is 11.6 Å². The molecule has 0 spiro atoms. The van der Waals surface area contributed by atoms with Gasteiger partial charge in [0.25, 0.3) is 0 Å². The Morgan fingerprint density at radius 3 is 1.86 bits per heavy atom. The second kappa shape index (κ2) is 10.7. The van der Waals surface area contributed by atoms with E-state index in [-0.39, 0.29) is 38.1 Å². The van der Waals surface area contributed by atoms with Gasteiger partial charge < -0.3 is 19.7 Å². The van der Waals surface area contributed by atoms with Crippen molar-refractivity contribution in [1.29, 1.82) is 0 Å². The van der Waals surface area contributed by atoms with Crippen LogP contribution in [0.3, 0.4) is 0 Å². The van der Waals surface area contributed by atoms with Crippen LogP contribution in [0.15, 0.2) is 46.2 Å². The number of hydrogen-bond donors (Lipinski definition) is 2. The summed E-state index contributed by atoms with van der Waals surface area (Å²) in [5.74, 6) is 1.11. The van der Waals surface area contributed by atoms with Gasteiger partial charge in [0.05, 0.1) is 33.0 Å². The molecule has 0 amide bonds. The van der Waals surface area contributed by atoms with E-state index < -0.39 is 22.5 Å². The smallest absolute Gasteiger partial charge is 0.206 e. The molecule has 29 heavy (non-hydrogen) atoms. The summed E-state index contributed by atoms with van der Waals surface area (Å²) >= 11 is 18.0. The predicted octanol–water partition coefficient (Wildman–Crippen LogP) is 3.81. The summed E-state index contributed by atoms with van der Waals surface area (Å²) in [6, 6.07) is 8.17. The highest BCUT2D eigenvalue weighted by atomic mass is 35.5. The van der Waals surface area contributed by atoms with Crippen molar-refractivity contribution < 1.29 is 28.1 Å². The molecule has 160 valence electrons. The Kier molecular flexibility index (Phi) is 8.88. The van der Waals surface area contributed by atoms with Crippen LogP contribution in [0.2, 0.25) is 10.0 Å². The fourth-order valence-corrected chi connectivity index (χ4v) is 4.18. The molecule has 0 bridgehead atoms. The van der Waals surface area contributed by atoms with Gasteiger partial charge in [-0.05, 0) is 36.4 Å². The molecule has 2 atom stereocenters. The molecular weight excluding hydrogens is 463 g/mol. The standard InChI is InChI=1S/C19H21Cl3O6S/c1-12(8-20)10-27-18-4-2-14(6-16(18)21)29(25,26)15-3-5-19(17(22)7-15)28-11-13(24)9-23/h2-7,12-13,23-24H,8-11H2,1H3/t12-,13+/m1/s1. The number of halogens is 3. The van der Waals surface area contributed by atoms with Gasteiger partial charge in [0, 0.05) is 11.8 Å².